The molecule has 1 unspecified atom stereocenters. The molecule has 4 aromatic rings. The second-order valence-electron chi connectivity index (χ2n) is 7.01. The van der Waals surface area contributed by atoms with Gasteiger partial charge in [0.05, 0.1) is 28.8 Å². The number of hydrogen-bond donors (Lipinski definition) is 2. The number of thiazole rings is 1. The number of aromatic nitrogens is 4. The molecule has 0 aliphatic heterocycles. The van der Waals surface area contributed by atoms with Crippen LogP contribution in [0.5, 0.6) is 0 Å². The van der Waals surface area contributed by atoms with Gasteiger partial charge in [-0.05, 0) is 38.1 Å². The molecule has 3 aromatic heterocycles. The maximum Gasteiger partial charge on any atom is 0.433 e. The molecule has 1 atom stereocenters. The third-order valence-electron chi connectivity index (χ3n) is 4.71. The van der Waals surface area contributed by atoms with Gasteiger partial charge in [0.25, 0.3) is 5.56 Å². The van der Waals surface area contributed by atoms with E-state index in [2.05, 4.69) is 30.0 Å². The number of fused-ring (bicyclic) bond motifs is 2. The minimum Gasteiger partial charge on any atom is -0.464 e. The van der Waals surface area contributed by atoms with Crippen LogP contribution in [0.1, 0.15) is 39.8 Å². The van der Waals surface area contributed by atoms with Crippen molar-refractivity contribution in [3.8, 4) is 0 Å². The van der Waals surface area contributed by atoms with Gasteiger partial charge in [-0.2, -0.15) is 13.2 Å². The zero-order valence-electron chi connectivity index (χ0n) is 17.0. The molecule has 1 aromatic carbocycles. The molecule has 4 rings (SSSR count). The van der Waals surface area contributed by atoms with Crippen molar-refractivity contribution < 1.29 is 22.7 Å². The van der Waals surface area contributed by atoms with Gasteiger partial charge < -0.3 is 15.0 Å². The Labute approximate surface area is 182 Å². The smallest absolute Gasteiger partial charge is 0.433 e. The maximum atomic E-state index is 13.7. The number of hydrogen-bond acceptors (Lipinski definition) is 8. The van der Waals surface area contributed by atoms with E-state index >= 15 is 0 Å². The van der Waals surface area contributed by atoms with E-state index in [1.807, 2.05) is 0 Å². The Morgan fingerprint density at radius 1 is 1.22 bits per heavy atom. The SMILES string of the molecule is COC(=O)c1nc2ccc(NC(C)c3cc4c(=O)[nH]c(C)nc4nc3C(F)(F)F)cc2s1. The molecule has 0 radical (unpaired) electrons. The highest BCUT2D eigenvalue weighted by molar-refractivity contribution is 7.20. The Kier molecular flexibility index (Phi) is 5.33. The zero-order chi connectivity index (χ0) is 23.2. The second kappa shape index (κ2) is 7.86. The Morgan fingerprint density at radius 3 is 2.66 bits per heavy atom. The maximum absolute atomic E-state index is 13.7. The van der Waals surface area contributed by atoms with E-state index in [4.69, 9.17) is 0 Å². The fourth-order valence-electron chi connectivity index (χ4n) is 3.26. The molecular formula is C20H16F3N5O3S. The van der Waals surface area contributed by atoms with Crippen LogP contribution in [-0.2, 0) is 10.9 Å². The van der Waals surface area contributed by atoms with Crippen LogP contribution >= 0.6 is 11.3 Å². The van der Waals surface area contributed by atoms with Gasteiger partial charge in [-0.25, -0.2) is 19.7 Å². The van der Waals surface area contributed by atoms with Crippen LogP contribution < -0.4 is 10.9 Å². The topological polar surface area (TPSA) is 110 Å². The molecule has 0 aliphatic carbocycles. The van der Waals surface area contributed by atoms with E-state index in [1.165, 1.54) is 21.0 Å². The van der Waals surface area contributed by atoms with E-state index in [0.29, 0.717) is 15.9 Å². The van der Waals surface area contributed by atoms with Gasteiger partial charge in [0.2, 0.25) is 5.01 Å². The van der Waals surface area contributed by atoms with E-state index in [0.717, 1.165) is 17.4 Å². The fraction of sp³-hybridized carbons (Fsp3) is 0.250. The Morgan fingerprint density at radius 2 is 1.97 bits per heavy atom. The number of esters is 1. The Balaban J connectivity index is 1.75. The van der Waals surface area contributed by atoms with Gasteiger partial charge in [0.1, 0.15) is 5.82 Å². The van der Waals surface area contributed by atoms with Gasteiger partial charge in [0, 0.05) is 11.3 Å². The summed E-state index contributed by atoms with van der Waals surface area (Å²) < 4.78 is 46.5. The van der Waals surface area contributed by atoms with E-state index in [9.17, 15) is 22.8 Å². The normalized spacial score (nSPS) is 12.8. The number of alkyl halides is 3. The first-order valence-electron chi connectivity index (χ1n) is 9.31. The van der Waals surface area contributed by atoms with E-state index in [1.54, 1.807) is 18.2 Å². The first-order valence-corrected chi connectivity index (χ1v) is 10.1. The number of H-pyrrole nitrogens is 1. The summed E-state index contributed by atoms with van der Waals surface area (Å²) in [6.07, 6.45) is -4.74. The molecule has 166 valence electrons. The Hall–Kier alpha value is -3.54. The largest absolute Gasteiger partial charge is 0.464 e. The van der Waals surface area contributed by atoms with Crippen molar-refractivity contribution in [3.05, 3.63) is 56.7 Å². The number of rotatable bonds is 4. The first kappa shape index (κ1) is 21.7. The summed E-state index contributed by atoms with van der Waals surface area (Å²) in [4.78, 5) is 38.1. The number of methoxy groups -OCH3 is 1. The van der Waals surface area contributed by atoms with Crippen molar-refractivity contribution in [1.82, 2.24) is 19.9 Å². The van der Waals surface area contributed by atoms with Crippen LogP contribution in [0.3, 0.4) is 0 Å². The number of nitrogens with one attached hydrogen (secondary N) is 2. The van der Waals surface area contributed by atoms with Crippen molar-refractivity contribution in [3.63, 3.8) is 0 Å². The van der Waals surface area contributed by atoms with Crippen LogP contribution in [0.4, 0.5) is 18.9 Å². The lowest BCUT2D eigenvalue weighted by atomic mass is 10.0. The standard InChI is InChI=1S/C20H16F3N5O3S/c1-8(24-10-4-5-13-14(6-10)32-18(27-13)19(30)31-3)11-7-12-16(25-9(2)26-17(12)29)28-15(11)20(21,22)23/h4-8,24H,1-3H3,(H,25,26,28,29). The molecule has 0 bridgehead atoms. The van der Waals surface area contributed by atoms with Crippen molar-refractivity contribution in [2.24, 2.45) is 0 Å². The molecule has 0 aliphatic rings. The lowest BCUT2D eigenvalue weighted by molar-refractivity contribution is -0.141. The van der Waals surface area contributed by atoms with E-state index < -0.39 is 29.4 Å². The predicted molar refractivity (Wildman–Crippen MR) is 113 cm³/mol. The van der Waals surface area contributed by atoms with Gasteiger partial charge in [-0.1, -0.05) is 0 Å². The number of anilines is 1. The number of carbonyl (C=O) groups is 1. The van der Waals surface area contributed by atoms with Gasteiger partial charge in [-0.15, -0.1) is 11.3 Å². The van der Waals surface area contributed by atoms with Gasteiger partial charge in [0.15, 0.2) is 11.3 Å². The summed E-state index contributed by atoms with van der Waals surface area (Å²) in [5, 5.41) is 3.14. The minimum atomic E-state index is -4.74. The van der Waals surface area contributed by atoms with Crippen LogP contribution in [0.25, 0.3) is 21.3 Å². The van der Waals surface area contributed by atoms with Crippen LogP contribution in [0.2, 0.25) is 0 Å². The number of nitrogens with zero attached hydrogens (tertiary/aromatic N) is 3. The minimum absolute atomic E-state index is 0.0344. The summed E-state index contributed by atoms with van der Waals surface area (Å²) in [5.41, 5.74) is -1.08. The second-order valence-corrected chi connectivity index (χ2v) is 8.04. The summed E-state index contributed by atoms with van der Waals surface area (Å²) >= 11 is 1.11. The zero-order valence-corrected chi connectivity index (χ0v) is 17.8. The third-order valence-corrected chi connectivity index (χ3v) is 5.71. The number of carbonyl (C=O) groups excluding carboxylic acids is 1. The molecule has 0 spiro atoms. The summed E-state index contributed by atoms with van der Waals surface area (Å²) in [7, 11) is 1.25. The quantitative estimate of drug-likeness (QED) is 0.436. The highest BCUT2D eigenvalue weighted by atomic mass is 32.1. The number of benzene rings is 1. The molecule has 32 heavy (non-hydrogen) atoms. The number of ether oxygens (including phenoxy) is 1. The average Bonchev–Trinajstić information content (AvgIpc) is 3.15. The lowest BCUT2D eigenvalue weighted by Crippen LogP contribution is -2.20. The first-order chi connectivity index (χ1) is 15.1. The van der Waals surface area contributed by atoms with Crippen molar-refractivity contribution >= 4 is 44.2 Å². The summed E-state index contributed by atoms with van der Waals surface area (Å²) in [6, 6.07) is 5.27. The molecule has 3 heterocycles. The molecule has 0 saturated carbocycles. The van der Waals surface area contributed by atoms with Gasteiger partial charge in [-0.3, -0.25) is 4.79 Å². The Bertz CT molecular complexity index is 1410. The van der Waals surface area contributed by atoms with Crippen LogP contribution in [0, 0.1) is 6.92 Å². The summed E-state index contributed by atoms with van der Waals surface area (Å²) in [6.45, 7) is 3.00. The highest BCUT2D eigenvalue weighted by Gasteiger charge is 2.37. The molecule has 0 fully saturated rings. The third kappa shape index (κ3) is 4.00. The molecule has 8 nitrogen and oxygen atoms in total. The lowest BCUT2D eigenvalue weighted by Gasteiger charge is -2.20. The predicted octanol–water partition coefficient (Wildman–Crippen LogP) is 4.21. The molecule has 0 amide bonds. The fourth-order valence-corrected chi connectivity index (χ4v) is 4.19. The number of aromatic amines is 1. The van der Waals surface area contributed by atoms with Crippen molar-refractivity contribution in [1.29, 1.82) is 0 Å². The van der Waals surface area contributed by atoms with Crippen molar-refractivity contribution in [2.45, 2.75) is 26.1 Å². The number of halogens is 3. The summed E-state index contributed by atoms with van der Waals surface area (Å²) in [5.74, 6) is -0.397. The monoisotopic (exact) mass is 463 g/mol. The van der Waals surface area contributed by atoms with E-state index in [-0.39, 0.29) is 27.4 Å². The molecular weight excluding hydrogens is 447 g/mol. The molecule has 0 saturated heterocycles. The van der Waals surface area contributed by atoms with Crippen LogP contribution in [-0.4, -0.2) is 33.0 Å². The van der Waals surface area contributed by atoms with Gasteiger partial charge >= 0.3 is 12.1 Å². The molecule has 2 N–H and O–H groups in total. The average molecular weight is 463 g/mol. The number of aryl methyl sites for hydroxylation is 1. The molecule has 12 heteroatoms. The highest BCUT2D eigenvalue weighted by Crippen LogP contribution is 2.36. The van der Waals surface area contributed by atoms with Crippen molar-refractivity contribution in [2.75, 3.05) is 12.4 Å². The number of pyridine rings is 1. The van der Waals surface area contributed by atoms with Crippen LogP contribution in [0.15, 0.2) is 29.1 Å².